The van der Waals surface area contributed by atoms with E-state index < -0.39 is 0 Å². The van der Waals surface area contributed by atoms with Gasteiger partial charge in [0.15, 0.2) is 0 Å². The predicted octanol–water partition coefficient (Wildman–Crippen LogP) is 2.82. The van der Waals surface area contributed by atoms with Gasteiger partial charge in [-0.05, 0) is 56.2 Å². The Labute approximate surface area is 126 Å². The lowest BCUT2D eigenvalue weighted by Crippen LogP contribution is -2.30. The first kappa shape index (κ1) is 14.4. The lowest BCUT2D eigenvalue weighted by atomic mass is 10.0. The van der Waals surface area contributed by atoms with Crippen molar-refractivity contribution in [2.75, 3.05) is 23.8 Å². The summed E-state index contributed by atoms with van der Waals surface area (Å²) in [6.07, 6.45) is 6.08. The Hall–Kier alpha value is -1.55. The predicted molar refractivity (Wildman–Crippen MR) is 84.5 cm³/mol. The van der Waals surface area contributed by atoms with E-state index in [0.29, 0.717) is 6.42 Å². The zero-order valence-corrected chi connectivity index (χ0v) is 12.7. The summed E-state index contributed by atoms with van der Waals surface area (Å²) in [6, 6.07) is 4.06. The molecule has 1 atom stereocenters. The fraction of sp³-hybridized carbons (Fsp3) is 0.588. The van der Waals surface area contributed by atoms with Crippen LogP contribution in [-0.4, -0.2) is 25.2 Å². The quantitative estimate of drug-likeness (QED) is 0.870. The summed E-state index contributed by atoms with van der Waals surface area (Å²) < 4.78 is 5.70. The molecule has 0 radical (unpaired) electrons. The number of rotatable bonds is 3. The molecule has 114 valence electrons. The third kappa shape index (κ3) is 3.05. The molecule has 1 aromatic carbocycles. The number of ether oxygens (including phenoxy) is 1. The highest BCUT2D eigenvalue weighted by molar-refractivity contribution is 5.96. The summed E-state index contributed by atoms with van der Waals surface area (Å²) >= 11 is 0. The Morgan fingerprint density at radius 2 is 2.29 bits per heavy atom. The molecule has 1 fully saturated rings. The molecule has 1 unspecified atom stereocenters. The number of nitrogen functional groups attached to an aromatic ring is 1. The minimum Gasteiger partial charge on any atom is -0.398 e. The van der Waals surface area contributed by atoms with Gasteiger partial charge in [0.2, 0.25) is 5.91 Å². The Morgan fingerprint density at radius 3 is 3.05 bits per heavy atom. The fourth-order valence-electron chi connectivity index (χ4n) is 3.29. The van der Waals surface area contributed by atoms with Crippen molar-refractivity contribution in [2.24, 2.45) is 0 Å². The Morgan fingerprint density at radius 1 is 1.43 bits per heavy atom. The Balaban J connectivity index is 1.63. The van der Waals surface area contributed by atoms with Crippen molar-refractivity contribution in [3.05, 3.63) is 23.3 Å². The molecule has 1 aromatic rings. The zero-order valence-electron chi connectivity index (χ0n) is 12.7. The smallest absolute Gasteiger partial charge is 0.227 e. The molecule has 0 saturated carbocycles. The van der Waals surface area contributed by atoms with E-state index in [1.54, 1.807) is 0 Å². The average Bonchev–Trinajstić information content (AvgIpc) is 2.89. The first-order valence-corrected chi connectivity index (χ1v) is 7.96. The molecule has 3 rings (SSSR count). The number of nitrogens with zero attached hydrogens (tertiary/aromatic N) is 1. The molecule has 2 heterocycles. The second-order valence-corrected chi connectivity index (χ2v) is 6.16. The maximum atomic E-state index is 12.5. The van der Waals surface area contributed by atoms with Crippen LogP contribution in [0, 0.1) is 6.92 Å². The summed E-state index contributed by atoms with van der Waals surface area (Å²) in [7, 11) is 0. The van der Waals surface area contributed by atoms with E-state index >= 15 is 0 Å². The van der Waals surface area contributed by atoms with Gasteiger partial charge < -0.3 is 15.4 Å². The van der Waals surface area contributed by atoms with Crippen LogP contribution in [-0.2, 0) is 16.0 Å². The minimum absolute atomic E-state index is 0.200. The van der Waals surface area contributed by atoms with E-state index in [0.717, 1.165) is 55.8 Å². The Bertz CT molecular complexity index is 536. The van der Waals surface area contributed by atoms with Crippen LogP contribution < -0.4 is 10.6 Å². The molecule has 21 heavy (non-hydrogen) atoms. The first-order chi connectivity index (χ1) is 10.1. The maximum absolute atomic E-state index is 12.5. The summed E-state index contributed by atoms with van der Waals surface area (Å²) in [6.45, 7) is 3.64. The number of aryl methyl sites for hydroxylation is 1. The normalized spacial score (nSPS) is 21.4. The van der Waals surface area contributed by atoms with Gasteiger partial charge in [-0.3, -0.25) is 4.79 Å². The van der Waals surface area contributed by atoms with Crippen LogP contribution >= 0.6 is 0 Å². The van der Waals surface area contributed by atoms with Crippen molar-refractivity contribution < 1.29 is 9.53 Å². The number of hydrogen-bond donors (Lipinski definition) is 1. The van der Waals surface area contributed by atoms with Crippen molar-refractivity contribution in [1.29, 1.82) is 0 Å². The van der Waals surface area contributed by atoms with Gasteiger partial charge in [-0.1, -0.05) is 6.07 Å². The fourth-order valence-corrected chi connectivity index (χ4v) is 3.29. The topological polar surface area (TPSA) is 55.6 Å². The van der Waals surface area contributed by atoms with Crippen LogP contribution in [0.3, 0.4) is 0 Å². The van der Waals surface area contributed by atoms with Crippen LogP contribution in [0.15, 0.2) is 12.1 Å². The second kappa shape index (κ2) is 6.06. The molecule has 4 nitrogen and oxygen atoms in total. The largest absolute Gasteiger partial charge is 0.398 e. The highest BCUT2D eigenvalue weighted by atomic mass is 16.5. The van der Waals surface area contributed by atoms with Crippen molar-refractivity contribution >= 4 is 17.3 Å². The first-order valence-electron chi connectivity index (χ1n) is 7.96. The van der Waals surface area contributed by atoms with E-state index in [9.17, 15) is 4.79 Å². The van der Waals surface area contributed by atoms with Crippen LogP contribution in [0.25, 0.3) is 0 Å². The monoisotopic (exact) mass is 288 g/mol. The van der Waals surface area contributed by atoms with Crippen molar-refractivity contribution in [3.63, 3.8) is 0 Å². The molecule has 0 spiro atoms. The third-order valence-electron chi connectivity index (χ3n) is 4.62. The van der Waals surface area contributed by atoms with Crippen molar-refractivity contribution in [1.82, 2.24) is 0 Å². The summed E-state index contributed by atoms with van der Waals surface area (Å²) in [5, 5.41) is 0. The number of carbonyl (C=O) groups excluding carboxylic acids is 1. The molecule has 1 amide bonds. The Kier molecular flexibility index (Phi) is 4.15. The van der Waals surface area contributed by atoms with Gasteiger partial charge in [-0.25, -0.2) is 0 Å². The van der Waals surface area contributed by atoms with Gasteiger partial charge in [-0.2, -0.15) is 0 Å². The van der Waals surface area contributed by atoms with E-state index in [1.165, 1.54) is 12.0 Å². The highest BCUT2D eigenvalue weighted by Gasteiger charge is 2.26. The highest BCUT2D eigenvalue weighted by Crippen LogP contribution is 2.32. The van der Waals surface area contributed by atoms with Gasteiger partial charge in [0.1, 0.15) is 0 Å². The van der Waals surface area contributed by atoms with E-state index in [2.05, 4.69) is 6.07 Å². The maximum Gasteiger partial charge on any atom is 0.227 e. The third-order valence-corrected chi connectivity index (χ3v) is 4.62. The average molecular weight is 288 g/mol. The van der Waals surface area contributed by atoms with Gasteiger partial charge >= 0.3 is 0 Å². The molecule has 0 bridgehead atoms. The van der Waals surface area contributed by atoms with E-state index in [1.807, 2.05) is 17.9 Å². The molecule has 2 N–H and O–H groups in total. The summed E-state index contributed by atoms with van der Waals surface area (Å²) in [5.74, 6) is 0.200. The number of nitrogens with two attached hydrogens (primary N) is 1. The minimum atomic E-state index is 0.200. The summed E-state index contributed by atoms with van der Waals surface area (Å²) in [4.78, 5) is 14.4. The molecule has 4 heteroatoms. The van der Waals surface area contributed by atoms with Crippen LogP contribution in [0.2, 0.25) is 0 Å². The number of carbonyl (C=O) groups is 1. The molecule has 1 saturated heterocycles. The zero-order chi connectivity index (χ0) is 14.8. The summed E-state index contributed by atoms with van der Waals surface area (Å²) in [5.41, 5.74) is 10.1. The van der Waals surface area contributed by atoms with Crippen LogP contribution in [0.1, 0.15) is 43.2 Å². The van der Waals surface area contributed by atoms with E-state index in [-0.39, 0.29) is 12.0 Å². The van der Waals surface area contributed by atoms with Gasteiger partial charge in [-0.15, -0.1) is 0 Å². The number of anilines is 2. The number of amides is 1. The molecule has 0 aliphatic carbocycles. The molecule has 2 aliphatic heterocycles. The van der Waals surface area contributed by atoms with Gasteiger partial charge in [0.25, 0.3) is 0 Å². The van der Waals surface area contributed by atoms with Crippen molar-refractivity contribution in [3.8, 4) is 0 Å². The molecule has 0 aromatic heterocycles. The van der Waals surface area contributed by atoms with Gasteiger partial charge in [0, 0.05) is 30.9 Å². The number of hydrogen-bond acceptors (Lipinski definition) is 3. The standard InChI is InChI=1S/C17H24N2O2/c1-12-10-13-7-8-19(16(13)11-15(12)18)17(20)6-5-14-4-2-3-9-21-14/h10-11,14H,2-9,18H2,1H3. The number of fused-ring (bicyclic) bond motifs is 1. The molecule has 2 aliphatic rings. The van der Waals surface area contributed by atoms with Crippen molar-refractivity contribution in [2.45, 2.75) is 51.6 Å². The lowest BCUT2D eigenvalue weighted by molar-refractivity contribution is -0.119. The van der Waals surface area contributed by atoms with Crippen LogP contribution in [0.4, 0.5) is 11.4 Å². The van der Waals surface area contributed by atoms with Crippen LogP contribution in [0.5, 0.6) is 0 Å². The number of benzene rings is 1. The second-order valence-electron chi connectivity index (χ2n) is 6.16. The SMILES string of the molecule is Cc1cc2c(cc1N)N(C(=O)CCC1CCCCO1)CC2. The molecular formula is C17H24N2O2. The molecular weight excluding hydrogens is 264 g/mol. The lowest BCUT2D eigenvalue weighted by Gasteiger charge is -2.24. The van der Waals surface area contributed by atoms with Gasteiger partial charge in [0.05, 0.1) is 6.10 Å². The van der Waals surface area contributed by atoms with E-state index in [4.69, 9.17) is 10.5 Å².